The molecule has 0 spiro atoms. The van der Waals surface area contributed by atoms with Crippen molar-refractivity contribution in [2.75, 3.05) is 19.4 Å². The largest absolute Gasteiger partial charge is 0.339 e. The zero-order valence-corrected chi connectivity index (χ0v) is 14.7. The molecular formula is C15H13Cl2N3O2S. The van der Waals surface area contributed by atoms with Crippen LogP contribution in [0.2, 0.25) is 10.2 Å². The average molecular weight is 370 g/mol. The number of anilines is 1. The molecule has 0 bridgehead atoms. The molecular weight excluding hydrogens is 357 g/mol. The maximum absolute atomic E-state index is 12.3. The molecule has 8 heteroatoms. The van der Waals surface area contributed by atoms with Gasteiger partial charge in [-0.1, -0.05) is 35.3 Å². The van der Waals surface area contributed by atoms with Gasteiger partial charge in [-0.3, -0.25) is 9.59 Å². The van der Waals surface area contributed by atoms with Crippen molar-refractivity contribution in [2.24, 2.45) is 0 Å². The van der Waals surface area contributed by atoms with E-state index in [0.717, 1.165) is 11.8 Å². The summed E-state index contributed by atoms with van der Waals surface area (Å²) in [5, 5.41) is 2.94. The summed E-state index contributed by atoms with van der Waals surface area (Å²) in [7, 11) is 3.33. The van der Waals surface area contributed by atoms with E-state index in [2.05, 4.69) is 10.3 Å². The van der Waals surface area contributed by atoms with Crippen LogP contribution < -0.4 is 5.32 Å². The Balaban J connectivity index is 2.21. The Labute approximate surface area is 148 Å². The fourth-order valence-corrected chi connectivity index (χ4v) is 2.60. The first-order chi connectivity index (χ1) is 10.9. The van der Waals surface area contributed by atoms with Crippen molar-refractivity contribution >= 4 is 51.8 Å². The van der Waals surface area contributed by atoms with E-state index in [-0.39, 0.29) is 26.9 Å². The Kier molecular flexibility index (Phi) is 5.87. The van der Waals surface area contributed by atoms with Crippen LogP contribution in [-0.2, 0) is 0 Å². The minimum Gasteiger partial charge on any atom is -0.339 e. The van der Waals surface area contributed by atoms with Crippen LogP contribution in [0.1, 0.15) is 10.4 Å². The number of halogens is 2. The van der Waals surface area contributed by atoms with Gasteiger partial charge in [0.2, 0.25) is 0 Å². The van der Waals surface area contributed by atoms with E-state index >= 15 is 0 Å². The quantitative estimate of drug-likeness (QED) is 0.642. The summed E-state index contributed by atoms with van der Waals surface area (Å²) < 4.78 is 0. The first-order valence-electron chi connectivity index (χ1n) is 6.49. The van der Waals surface area contributed by atoms with Crippen molar-refractivity contribution in [1.29, 1.82) is 0 Å². The highest BCUT2D eigenvalue weighted by Crippen LogP contribution is 2.29. The van der Waals surface area contributed by atoms with E-state index in [1.54, 1.807) is 38.4 Å². The third kappa shape index (κ3) is 4.60. The number of rotatable bonds is 3. The normalized spacial score (nSPS) is 10.3. The summed E-state index contributed by atoms with van der Waals surface area (Å²) in [4.78, 5) is 30.1. The van der Waals surface area contributed by atoms with Gasteiger partial charge in [-0.25, -0.2) is 4.98 Å². The standard InChI is InChI=1S/C15H13Cl2N3O2S/c1-20(2)15(22)23-12-6-4-3-5-11(12)19-14(21)9-7-10(16)13(17)18-8-9/h3-8H,1-2H3,(H,19,21). The van der Waals surface area contributed by atoms with Crippen LogP contribution in [0, 0.1) is 0 Å². The van der Waals surface area contributed by atoms with Crippen molar-refractivity contribution in [3.63, 3.8) is 0 Å². The molecule has 1 aromatic heterocycles. The molecule has 1 N–H and O–H groups in total. The Morgan fingerprint density at radius 1 is 1.22 bits per heavy atom. The third-order valence-electron chi connectivity index (χ3n) is 2.76. The molecule has 2 aromatic rings. The van der Waals surface area contributed by atoms with Gasteiger partial charge in [0.1, 0.15) is 5.15 Å². The predicted octanol–water partition coefficient (Wildman–Crippen LogP) is 4.41. The van der Waals surface area contributed by atoms with Gasteiger partial charge in [-0.15, -0.1) is 0 Å². The smallest absolute Gasteiger partial charge is 0.286 e. The molecule has 0 aliphatic rings. The molecule has 1 aromatic carbocycles. The number of pyridine rings is 1. The molecule has 0 unspecified atom stereocenters. The molecule has 5 nitrogen and oxygen atoms in total. The lowest BCUT2D eigenvalue weighted by atomic mass is 10.2. The number of hydrogen-bond donors (Lipinski definition) is 1. The molecule has 1 heterocycles. The molecule has 0 aliphatic carbocycles. The first kappa shape index (κ1) is 17.6. The SMILES string of the molecule is CN(C)C(=O)Sc1ccccc1NC(=O)c1cnc(Cl)c(Cl)c1. The van der Waals surface area contributed by atoms with Crippen LogP contribution in [0.5, 0.6) is 0 Å². The predicted molar refractivity (Wildman–Crippen MR) is 93.6 cm³/mol. The fourth-order valence-electron chi connectivity index (χ4n) is 1.58. The highest BCUT2D eigenvalue weighted by Gasteiger charge is 2.14. The summed E-state index contributed by atoms with van der Waals surface area (Å²) in [5.74, 6) is -0.388. The summed E-state index contributed by atoms with van der Waals surface area (Å²) in [6.07, 6.45) is 1.34. The monoisotopic (exact) mass is 369 g/mol. The highest BCUT2D eigenvalue weighted by atomic mass is 35.5. The number of carbonyl (C=O) groups is 2. The van der Waals surface area contributed by atoms with E-state index < -0.39 is 0 Å². The number of nitrogens with zero attached hydrogens (tertiary/aromatic N) is 2. The summed E-state index contributed by atoms with van der Waals surface area (Å²) in [6, 6.07) is 8.48. The Morgan fingerprint density at radius 2 is 1.91 bits per heavy atom. The van der Waals surface area contributed by atoms with Gasteiger partial charge < -0.3 is 10.2 Å². The van der Waals surface area contributed by atoms with E-state index in [1.165, 1.54) is 17.2 Å². The second kappa shape index (κ2) is 7.68. The number of carbonyl (C=O) groups excluding carboxylic acids is 2. The van der Waals surface area contributed by atoms with Gasteiger partial charge in [-0.2, -0.15) is 0 Å². The molecule has 0 radical (unpaired) electrons. The van der Waals surface area contributed by atoms with Crippen LogP contribution in [0.15, 0.2) is 41.4 Å². The van der Waals surface area contributed by atoms with Gasteiger partial charge in [0.15, 0.2) is 0 Å². The molecule has 2 rings (SSSR count). The second-order valence-electron chi connectivity index (χ2n) is 4.71. The molecule has 0 atom stereocenters. The second-order valence-corrected chi connectivity index (χ2v) is 6.47. The first-order valence-corrected chi connectivity index (χ1v) is 8.06. The van der Waals surface area contributed by atoms with Gasteiger partial charge in [0.05, 0.1) is 16.3 Å². The summed E-state index contributed by atoms with van der Waals surface area (Å²) in [5.41, 5.74) is 0.807. The Morgan fingerprint density at radius 3 is 2.57 bits per heavy atom. The van der Waals surface area contributed by atoms with Crippen molar-refractivity contribution in [2.45, 2.75) is 4.90 Å². The van der Waals surface area contributed by atoms with Gasteiger partial charge in [0.25, 0.3) is 11.1 Å². The number of amides is 2. The van der Waals surface area contributed by atoms with Crippen molar-refractivity contribution in [1.82, 2.24) is 9.88 Å². The number of benzene rings is 1. The fraction of sp³-hybridized carbons (Fsp3) is 0.133. The minimum absolute atomic E-state index is 0.135. The maximum Gasteiger partial charge on any atom is 0.286 e. The Hall–Kier alpha value is -1.76. The van der Waals surface area contributed by atoms with Crippen molar-refractivity contribution in [3.05, 3.63) is 52.3 Å². The lowest BCUT2D eigenvalue weighted by molar-refractivity contribution is 0.102. The topological polar surface area (TPSA) is 62.3 Å². The molecule has 0 saturated carbocycles. The van der Waals surface area contributed by atoms with Crippen LogP contribution in [-0.4, -0.2) is 35.1 Å². The van der Waals surface area contributed by atoms with Crippen LogP contribution in [0.4, 0.5) is 10.5 Å². The Bertz CT molecular complexity index is 753. The zero-order chi connectivity index (χ0) is 17.0. The highest BCUT2D eigenvalue weighted by molar-refractivity contribution is 8.13. The van der Waals surface area contributed by atoms with E-state index in [0.29, 0.717) is 10.6 Å². The number of para-hydroxylation sites is 1. The van der Waals surface area contributed by atoms with Crippen LogP contribution >= 0.6 is 35.0 Å². The summed E-state index contributed by atoms with van der Waals surface area (Å²) >= 11 is 12.6. The van der Waals surface area contributed by atoms with Gasteiger partial charge in [-0.05, 0) is 30.0 Å². The van der Waals surface area contributed by atoms with Gasteiger partial charge in [0, 0.05) is 25.2 Å². The molecule has 120 valence electrons. The molecule has 23 heavy (non-hydrogen) atoms. The van der Waals surface area contributed by atoms with E-state index in [4.69, 9.17) is 23.2 Å². The van der Waals surface area contributed by atoms with Crippen LogP contribution in [0.25, 0.3) is 0 Å². The van der Waals surface area contributed by atoms with E-state index in [9.17, 15) is 9.59 Å². The number of thioether (sulfide) groups is 1. The molecule has 2 amide bonds. The number of nitrogens with one attached hydrogen (secondary N) is 1. The molecule has 0 saturated heterocycles. The minimum atomic E-state index is -0.388. The van der Waals surface area contributed by atoms with Gasteiger partial charge >= 0.3 is 0 Å². The van der Waals surface area contributed by atoms with Crippen molar-refractivity contribution in [3.8, 4) is 0 Å². The van der Waals surface area contributed by atoms with Crippen LogP contribution in [0.3, 0.4) is 0 Å². The lowest BCUT2D eigenvalue weighted by Crippen LogP contribution is -2.17. The lowest BCUT2D eigenvalue weighted by Gasteiger charge is -2.13. The molecule has 0 aliphatic heterocycles. The number of aromatic nitrogens is 1. The third-order valence-corrected chi connectivity index (χ3v) is 4.56. The molecule has 0 fully saturated rings. The zero-order valence-electron chi connectivity index (χ0n) is 12.3. The maximum atomic E-state index is 12.3. The number of hydrogen-bond acceptors (Lipinski definition) is 4. The van der Waals surface area contributed by atoms with Crippen molar-refractivity contribution < 1.29 is 9.59 Å². The average Bonchev–Trinajstić information content (AvgIpc) is 2.51. The van der Waals surface area contributed by atoms with E-state index in [1.807, 2.05) is 0 Å². The summed E-state index contributed by atoms with van der Waals surface area (Å²) in [6.45, 7) is 0.